The van der Waals surface area contributed by atoms with Crippen LogP contribution in [0.25, 0.3) is 22.3 Å². The second kappa shape index (κ2) is 6.47. The first-order valence-electron chi connectivity index (χ1n) is 12.0. The molecule has 7 rings (SSSR count). The average Bonchev–Trinajstić information content (AvgIpc) is 3.39. The molecule has 2 heterocycles. The number of nitrogens with zero attached hydrogens (tertiary/aromatic N) is 1. The molecule has 1 aromatic heterocycles. The topological polar surface area (TPSA) is 31.4 Å². The molecule has 0 saturated carbocycles. The van der Waals surface area contributed by atoms with Crippen LogP contribution in [-0.4, -0.2) is 23.3 Å². The maximum Gasteiger partial charge on any atom is 0.494 e. The number of benzene rings is 3. The summed E-state index contributed by atoms with van der Waals surface area (Å²) in [4.78, 5) is 5.02. The summed E-state index contributed by atoms with van der Waals surface area (Å²) >= 11 is 0. The van der Waals surface area contributed by atoms with Crippen molar-refractivity contribution in [3.05, 3.63) is 107 Å². The normalized spacial score (nSPS) is 19.6. The van der Waals surface area contributed by atoms with Gasteiger partial charge in [-0.2, -0.15) is 0 Å². The monoisotopic (exact) mass is 443 g/mol. The number of hydrogen-bond donors (Lipinski definition) is 0. The molecule has 0 amide bonds. The van der Waals surface area contributed by atoms with Crippen molar-refractivity contribution in [1.29, 1.82) is 0 Å². The van der Waals surface area contributed by atoms with Gasteiger partial charge in [-0.3, -0.25) is 4.98 Å². The van der Waals surface area contributed by atoms with E-state index in [1.165, 1.54) is 38.9 Å². The Morgan fingerprint density at radius 3 is 1.82 bits per heavy atom. The number of aromatic nitrogens is 1. The fourth-order valence-corrected chi connectivity index (χ4v) is 6.06. The highest BCUT2D eigenvalue weighted by molar-refractivity contribution is 6.62. The Hall–Kier alpha value is -3.21. The standard InChI is InChI=1S/C30H26BNO2/c1-28(2)29(3,4)34-31(33-28)19-15-16-22-23-12-9-17-32-27(23)30(26(22)18-19)24-13-7-5-10-20(24)21-11-6-8-14-25(21)30/h5-18H,1-4H3. The van der Waals surface area contributed by atoms with Gasteiger partial charge in [-0.1, -0.05) is 72.8 Å². The zero-order valence-electron chi connectivity index (χ0n) is 19.9. The highest BCUT2D eigenvalue weighted by Crippen LogP contribution is 2.61. The van der Waals surface area contributed by atoms with Crippen LogP contribution in [0.15, 0.2) is 85.1 Å². The van der Waals surface area contributed by atoms with Crippen LogP contribution in [0.4, 0.5) is 0 Å². The molecule has 3 aliphatic rings. The molecule has 0 unspecified atom stereocenters. The van der Waals surface area contributed by atoms with Crippen LogP contribution in [0.3, 0.4) is 0 Å². The largest absolute Gasteiger partial charge is 0.494 e. The SMILES string of the molecule is CC1(C)OB(c2ccc3c(c2)C2(c4ccccc4-c4ccccc42)c2ncccc2-3)OC1(C)C. The molecule has 4 heteroatoms. The third-order valence-corrected chi connectivity index (χ3v) is 8.38. The summed E-state index contributed by atoms with van der Waals surface area (Å²) in [5, 5.41) is 0. The van der Waals surface area contributed by atoms with Crippen LogP contribution >= 0.6 is 0 Å². The maximum absolute atomic E-state index is 6.44. The van der Waals surface area contributed by atoms with Crippen LogP contribution in [0.1, 0.15) is 50.1 Å². The first-order chi connectivity index (χ1) is 16.3. The third kappa shape index (κ3) is 2.33. The molecule has 4 aromatic rings. The van der Waals surface area contributed by atoms with E-state index in [1.54, 1.807) is 0 Å². The van der Waals surface area contributed by atoms with E-state index in [2.05, 4.69) is 100 Å². The van der Waals surface area contributed by atoms with Crippen molar-refractivity contribution >= 4 is 12.6 Å². The van der Waals surface area contributed by atoms with Crippen molar-refractivity contribution < 1.29 is 9.31 Å². The lowest BCUT2D eigenvalue weighted by Gasteiger charge is -2.32. The molecule has 0 atom stereocenters. The Morgan fingerprint density at radius 2 is 1.18 bits per heavy atom. The summed E-state index contributed by atoms with van der Waals surface area (Å²) in [6.45, 7) is 8.41. The summed E-state index contributed by atoms with van der Waals surface area (Å²) in [7, 11) is -0.407. The second-order valence-electron chi connectivity index (χ2n) is 10.6. The van der Waals surface area contributed by atoms with E-state index in [0.29, 0.717) is 0 Å². The van der Waals surface area contributed by atoms with Crippen molar-refractivity contribution in [2.24, 2.45) is 0 Å². The van der Waals surface area contributed by atoms with Crippen molar-refractivity contribution in [2.75, 3.05) is 0 Å². The van der Waals surface area contributed by atoms with E-state index >= 15 is 0 Å². The van der Waals surface area contributed by atoms with Gasteiger partial charge in [0.2, 0.25) is 0 Å². The van der Waals surface area contributed by atoms with Crippen molar-refractivity contribution in [3.8, 4) is 22.3 Å². The Balaban J connectivity index is 1.53. The Kier molecular flexibility index (Phi) is 3.84. The molecule has 166 valence electrons. The fourth-order valence-electron chi connectivity index (χ4n) is 6.06. The summed E-state index contributed by atoms with van der Waals surface area (Å²) in [6.07, 6.45) is 1.92. The number of hydrogen-bond acceptors (Lipinski definition) is 3. The zero-order chi connectivity index (χ0) is 23.3. The van der Waals surface area contributed by atoms with E-state index in [1.807, 2.05) is 12.3 Å². The van der Waals surface area contributed by atoms with Gasteiger partial charge in [0.15, 0.2) is 0 Å². The molecular weight excluding hydrogens is 417 g/mol. The van der Waals surface area contributed by atoms with Gasteiger partial charge in [0.25, 0.3) is 0 Å². The molecule has 2 aliphatic carbocycles. The van der Waals surface area contributed by atoms with E-state index in [9.17, 15) is 0 Å². The third-order valence-electron chi connectivity index (χ3n) is 8.38. The van der Waals surface area contributed by atoms with Crippen LogP contribution in [0, 0.1) is 0 Å². The Labute approximate surface area is 200 Å². The minimum absolute atomic E-state index is 0.383. The molecule has 1 fully saturated rings. The first-order valence-corrected chi connectivity index (χ1v) is 12.0. The first kappa shape index (κ1) is 20.2. The summed E-state index contributed by atoms with van der Waals surface area (Å²) in [6, 6.07) is 28.5. The lowest BCUT2D eigenvalue weighted by atomic mass is 9.69. The van der Waals surface area contributed by atoms with Gasteiger partial charge in [-0.15, -0.1) is 0 Å². The average molecular weight is 443 g/mol. The van der Waals surface area contributed by atoms with Crippen molar-refractivity contribution in [2.45, 2.75) is 44.3 Å². The quantitative estimate of drug-likeness (QED) is 0.305. The minimum Gasteiger partial charge on any atom is -0.399 e. The molecular formula is C30H26BNO2. The second-order valence-corrected chi connectivity index (χ2v) is 10.6. The summed E-state index contributed by atoms with van der Waals surface area (Å²) in [5.74, 6) is 0. The minimum atomic E-state index is -0.446. The molecule has 1 aliphatic heterocycles. The van der Waals surface area contributed by atoms with Gasteiger partial charge in [0.05, 0.1) is 22.3 Å². The molecule has 0 N–H and O–H groups in total. The predicted molar refractivity (Wildman–Crippen MR) is 136 cm³/mol. The fraction of sp³-hybridized carbons (Fsp3) is 0.233. The van der Waals surface area contributed by atoms with Gasteiger partial charge in [0, 0.05) is 11.8 Å². The maximum atomic E-state index is 6.44. The van der Waals surface area contributed by atoms with Gasteiger partial charge < -0.3 is 9.31 Å². The van der Waals surface area contributed by atoms with Gasteiger partial charge >= 0.3 is 7.12 Å². The van der Waals surface area contributed by atoms with Gasteiger partial charge in [0.1, 0.15) is 0 Å². The van der Waals surface area contributed by atoms with Crippen LogP contribution in [0.5, 0.6) is 0 Å². The highest BCUT2D eigenvalue weighted by atomic mass is 16.7. The van der Waals surface area contributed by atoms with E-state index in [4.69, 9.17) is 14.3 Å². The number of pyridine rings is 1. The molecule has 34 heavy (non-hydrogen) atoms. The van der Waals surface area contributed by atoms with Crippen molar-refractivity contribution in [3.63, 3.8) is 0 Å². The Morgan fingerprint density at radius 1 is 0.618 bits per heavy atom. The zero-order valence-corrected chi connectivity index (χ0v) is 19.9. The molecule has 3 nitrogen and oxygen atoms in total. The van der Waals surface area contributed by atoms with Crippen LogP contribution in [0.2, 0.25) is 0 Å². The van der Waals surface area contributed by atoms with Gasteiger partial charge in [-0.25, -0.2) is 0 Å². The Bertz CT molecular complexity index is 1410. The molecule has 1 spiro atoms. The van der Waals surface area contributed by atoms with Crippen LogP contribution < -0.4 is 5.46 Å². The predicted octanol–water partition coefficient (Wildman–Crippen LogP) is 5.72. The lowest BCUT2D eigenvalue weighted by molar-refractivity contribution is 0.00578. The molecule has 0 radical (unpaired) electrons. The molecule has 3 aromatic carbocycles. The molecule has 1 saturated heterocycles. The lowest BCUT2D eigenvalue weighted by Crippen LogP contribution is -2.41. The summed E-state index contributed by atoms with van der Waals surface area (Å²) in [5.41, 5.74) is 9.77. The van der Waals surface area contributed by atoms with E-state index < -0.39 is 12.5 Å². The number of rotatable bonds is 1. The molecule has 0 bridgehead atoms. The summed E-state index contributed by atoms with van der Waals surface area (Å²) < 4.78 is 12.9. The van der Waals surface area contributed by atoms with Crippen LogP contribution in [-0.2, 0) is 14.7 Å². The number of fused-ring (bicyclic) bond motifs is 10. The van der Waals surface area contributed by atoms with E-state index in [0.717, 1.165) is 11.2 Å². The highest BCUT2D eigenvalue weighted by Gasteiger charge is 2.55. The van der Waals surface area contributed by atoms with Crippen molar-refractivity contribution in [1.82, 2.24) is 4.98 Å². The van der Waals surface area contributed by atoms with Gasteiger partial charge in [-0.05, 0) is 72.6 Å². The smallest absolute Gasteiger partial charge is 0.399 e. The van der Waals surface area contributed by atoms with E-state index in [-0.39, 0.29) is 11.2 Å².